The maximum absolute atomic E-state index is 6.22. The average Bonchev–Trinajstić information content (AvgIpc) is 1.75. The Morgan fingerprint density at radius 1 is 0.276 bits per heavy atom. The summed E-state index contributed by atoms with van der Waals surface area (Å²) in [5.41, 5.74) is 13.7. The van der Waals surface area contributed by atoms with Crippen molar-refractivity contribution in [2.45, 2.75) is 130 Å². The highest BCUT2D eigenvalue weighted by Crippen LogP contribution is 2.47. The number of hydrogen-bond donors (Lipinski definition) is 0. The number of benzene rings is 8. The van der Waals surface area contributed by atoms with Crippen LogP contribution in [0.1, 0.15) is 130 Å². The van der Waals surface area contributed by atoms with E-state index in [9.17, 15) is 0 Å². The minimum atomic E-state index is 0.716. The first-order valence-corrected chi connectivity index (χ1v) is 33.0. The predicted molar refractivity (Wildman–Crippen MR) is 367 cm³/mol. The van der Waals surface area contributed by atoms with Gasteiger partial charge in [-0.3, -0.25) is 0 Å². The third kappa shape index (κ3) is 16.6. The van der Waals surface area contributed by atoms with Crippen LogP contribution in [0.25, 0.3) is 54.4 Å². The van der Waals surface area contributed by atoms with Crippen molar-refractivity contribution in [2.75, 3.05) is 36.2 Å². The molecule has 0 N–H and O–H groups in total. The SMILES string of the molecule is CCCCCCOc1ccc(N(c2ccc(OCCCCCC)cc2)c2ccc(-c3sc(-c4ccc(N(c5ccc(OCCCCCC)cc5)c5ccc(OCCCCCC)cc5)cc4)c4nc(-c5ccccc5)c(-c5ccccc5)nc34)cc2)cc1. The molecule has 0 saturated heterocycles. The average molecular weight is 1180 g/mol. The van der Waals surface area contributed by atoms with Crippen molar-refractivity contribution in [3.8, 4) is 66.4 Å². The third-order valence-electron chi connectivity index (χ3n) is 15.8. The first-order chi connectivity index (χ1) is 43.0. The van der Waals surface area contributed by atoms with Crippen LogP contribution < -0.4 is 28.7 Å². The first-order valence-electron chi connectivity index (χ1n) is 32.2. The molecule has 0 aliphatic heterocycles. The number of ether oxygens (including phenoxy) is 4. The Morgan fingerprint density at radius 2 is 0.529 bits per heavy atom. The van der Waals surface area contributed by atoms with E-state index in [4.69, 9.17) is 28.9 Å². The van der Waals surface area contributed by atoms with Gasteiger partial charge in [0.05, 0.1) is 47.6 Å². The number of aromatic nitrogens is 2. The summed E-state index contributed by atoms with van der Waals surface area (Å²) in [5, 5.41) is 0. The molecule has 10 aromatic rings. The van der Waals surface area contributed by atoms with Crippen molar-refractivity contribution >= 4 is 56.5 Å². The lowest BCUT2D eigenvalue weighted by molar-refractivity contribution is 0.305. The smallest absolute Gasteiger partial charge is 0.119 e. The van der Waals surface area contributed by atoms with Crippen molar-refractivity contribution in [1.29, 1.82) is 0 Å². The van der Waals surface area contributed by atoms with Crippen LogP contribution in [0, 0.1) is 0 Å². The Bertz CT molecular complexity index is 3260. The molecule has 2 heterocycles. The van der Waals surface area contributed by atoms with Gasteiger partial charge in [0.1, 0.15) is 34.0 Å². The second kappa shape index (κ2) is 32.4. The Hall–Kier alpha value is -8.40. The fourth-order valence-corrected chi connectivity index (χ4v) is 12.2. The summed E-state index contributed by atoms with van der Waals surface area (Å²) in [6, 6.07) is 72.8. The molecule has 87 heavy (non-hydrogen) atoms. The van der Waals surface area contributed by atoms with E-state index in [2.05, 4.69) is 244 Å². The minimum Gasteiger partial charge on any atom is -0.494 e. The molecule has 0 amide bonds. The molecular weight excluding hydrogens is 1090 g/mol. The summed E-state index contributed by atoms with van der Waals surface area (Å²) >= 11 is 1.74. The van der Waals surface area contributed by atoms with E-state index in [1.165, 1.54) is 77.0 Å². The van der Waals surface area contributed by atoms with Gasteiger partial charge >= 0.3 is 0 Å². The second-order valence-electron chi connectivity index (χ2n) is 22.5. The first kappa shape index (κ1) is 61.7. The van der Waals surface area contributed by atoms with E-state index >= 15 is 0 Å². The molecule has 0 aliphatic carbocycles. The lowest BCUT2D eigenvalue weighted by atomic mass is 10.0. The van der Waals surface area contributed by atoms with Gasteiger partial charge < -0.3 is 28.7 Å². The molecule has 0 spiro atoms. The number of nitrogens with zero attached hydrogens (tertiary/aromatic N) is 4. The normalized spacial score (nSPS) is 11.2. The number of anilines is 6. The van der Waals surface area contributed by atoms with Gasteiger partial charge in [-0.2, -0.15) is 0 Å². The van der Waals surface area contributed by atoms with Gasteiger partial charge in [-0.15, -0.1) is 11.3 Å². The summed E-state index contributed by atoms with van der Waals surface area (Å²) in [6.07, 6.45) is 18.7. The van der Waals surface area contributed by atoms with Crippen LogP contribution >= 0.6 is 11.3 Å². The third-order valence-corrected chi connectivity index (χ3v) is 17.1. The summed E-state index contributed by atoms with van der Waals surface area (Å²) in [5.74, 6) is 3.51. The van der Waals surface area contributed by atoms with Crippen LogP contribution in [-0.4, -0.2) is 36.4 Å². The molecule has 8 aromatic carbocycles. The Labute approximate surface area is 521 Å². The van der Waals surface area contributed by atoms with E-state index in [1.807, 2.05) is 0 Å². The van der Waals surface area contributed by atoms with E-state index in [-0.39, 0.29) is 0 Å². The van der Waals surface area contributed by atoms with Crippen LogP contribution in [0.5, 0.6) is 23.0 Å². The van der Waals surface area contributed by atoms with Gasteiger partial charge in [0.15, 0.2) is 0 Å². The van der Waals surface area contributed by atoms with Gasteiger partial charge in [-0.25, -0.2) is 9.97 Å². The van der Waals surface area contributed by atoms with Crippen LogP contribution in [-0.2, 0) is 0 Å². The highest BCUT2D eigenvalue weighted by Gasteiger charge is 2.24. The topological polar surface area (TPSA) is 69.2 Å². The number of rotatable bonds is 34. The van der Waals surface area contributed by atoms with E-state index < -0.39 is 0 Å². The van der Waals surface area contributed by atoms with E-state index in [1.54, 1.807) is 11.3 Å². The maximum atomic E-state index is 6.22. The monoisotopic (exact) mass is 1170 g/mol. The molecule has 9 heteroatoms. The van der Waals surface area contributed by atoms with Crippen molar-refractivity contribution in [3.05, 3.63) is 206 Å². The molecule has 0 saturated carbocycles. The molecule has 0 atom stereocenters. The highest BCUT2D eigenvalue weighted by molar-refractivity contribution is 7.20. The lowest BCUT2D eigenvalue weighted by Gasteiger charge is -2.26. The second-order valence-corrected chi connectivity index (χ2v) is 23.5. The van der Waals surface area contributed by atoms with Crippen molar-refractivity contribution < 1.29 is 18.9 Å². The molecule has 2 aromatic heterocycles. The molecule has 10 rings (SSSR count). The number of unbranched alkanes of at least 4 members (excludes halogenated alkanes) is 12. The zero-order valence-electron chi connectivity index (χ0n) is 51.6. The van der Waals surface area contributed by atoms with Crippen LogP contribution in [0.4, 0.5) is 34.1 Å². The summed E-state index contributed by atoms with van der Waals surface area (Å²) in [7, 11) is 0. The molecule has 8 nitrogen and oxygen atoms in total. The molecule has 448 valence electrons. The van der Waals surface area contributed by atoms with Crippen LogP contribution in [0.3, 0.4) is 0 Å². The fraction of sp³-hybridized carbons (Fsp3) is 0.308. The van der Waals surface area contributed by atoms with Crippen LogP contribution in [0.15, 0.2) is 206 Å². The van der Waals surface area contributed by atoms with Gasteiger partial charge in [0, 0.05) is 45.3 Å². The van der Waals surface area contributed by atoms with Crippen molar-refractivity contribution in [3.63, 3.8) is 0 Å². The zero-order chi connectivity index (χ0) is 59.8. The number of thiophene rings is 1. The summed E-state index contributed by atoms with van der Waals surface area (Å²) < 4.78 is 24.9. The largest absolute Gasteiger partial charge is 0.494 e. The van der Waals surface area contributed by atoms with Gasteiger partial charge in [-0.05, 0) is 158 Å². The van der Waals surface area contributed by atoms with Gasteiger partial charge in [0.2, 0.25) is 0 Å². The molecular formula is C78H86N4O4S. The number of fused-ring (bicyclic) bond motifs is 1. The van der Waals surface area contributed by atoms with Gasteiger partial charge in [-0.1, -0.05) is 190 Å². The summed E-state index contributed by atoms with van der Waals surface area (Å²) in [4.78, 5) is 18.1. The molecule has 0 bridgehead atoms. The Morgan fingerprint density at radius 3 is 0.782 bits per heavy atom. The molecule has 0 unspecified atom stereocenters. The summed E-state index contributed by atoms with van der Waals surface area (Å²) in [6.45, 7) is 11.8. The van der Waals surface area contributed by atoms with Crippen LogP contribution in [0.2, 0.25) is 0 Å². The Kier molecular flexibility index (Phi) is 22.9. The van der Waals surface area contributed by atoms with E-state index in [0.717, 1.165) is 137 Å². The van der Waals surface area contributed by atoms with E-state index in [0.29, 0.717) is 26.4 Å². The molecule has 0 fully saturated rings. The zero-order valence-corrected chi connectivity index (χ0v) is 52.4. The predicted octanol–water partition coefficient (Wildman–Crippen LogP) is 23.1. The van der Waals surface area contributed by atoms with Gasteiger partial charge in [0.25, 0.3) is 0 Å². The maximum Gasteiger partial charge on any atom is 0.119 e. The number of hydrogen-bond acceptors (Lipinski definition) is 9. The standard InChI is InChI=1S/C78H86N4O4S/c1-5-9-13-23-55-83-69-47-39-65(40-48-69)81(66-41-49-70(50-42-66)84-56-24-14-10-6-2)63-35-31-61(32-36-63)77-75-76(80-74(60-29-21-18-22-30-60)73(79-75)59-27-19-17-20-28-59)78(87-77)62-33-37-64(38-34-62)82(67-43-51-71(52-44-67)85-57-25-15-11-7-3)68-45-53-72(54-46-68)86-58-26-16-12-8-4/h17-22,27-54H,5-16,23-26,55-58H2,1-4H3. The highest BCUT2D eigenvalue weighted by atomic mass is 32.1. The molecule has 0 radical (unpaired) electrons. The van der Waals surface area contributed by atoms with Crippen molar-refractivity contribution in [1.82, 2.24) is 9.97 Å². The fourth-order valence-electron chi connectivity index (χ4n) is 11.0. The Balaban J connectivity index is 1.02. The minimum absolute atomic E-state index is 0.716. The molecule has 0 aliphatic rings. The van der Waals surface area contributed by atoms with Crippen molar-refractivity contribution in [2.24, 2.45) is 0 Å². The quantitative estimate of drug-likeness (QED) is 0.0370. The lowest BCUT2D eigenvalue weighted by Crippen LogP contribution is -2.10.